The Balaban J connectivity index is 1.66. The highest BCUT2D eigenvalue weighted by Gasteiger charge is 2.22. The van der Waals surface area contributed by atoms with Gasteiger partial charge in [0.25, 0.3) is 5.56 Å². The topological polar surface area (TPSA) is 92.3 Å². The van der Waals surface area contributed by atoms with E-state index in [4.69, 9.17) is 5.73 Å². The van der Waals surface area contributed by atoms with Crippen LogP contribution in [0.4, 0.5) is 5.95 Å². The summed E-state index contributed by atoms with van der Waals surface area (Å²) in [4.78, 5) is 25.9. The summed E-state index contributed by atoms with van der Waals surface area (Å²) in [5, 5.41) is 0. The van der Waals surface area contributed by atoms with Crippen molar-refractivity contribution in [3.8, 4) is 0 Å². The van der Waals surface area contributed by atoms with E-state index < -0.39 is 0 Å². The lowest BCUT2D eigenvalue weighted by atomic mass is 10.1. The molecule has 7 heteroatoms. The zero-order valence-corrected chi connectivity index (χ0v) is 13.8. The molecule has 7 nitrogen and oxygen atoms in total. The van der Waals surface area contributed by atoms with E-state index in [1.165, 1.54) is 5.56 Å². The van der Waals surface area contributed by atoms with Crippen molar-refractivity contribution in [3.63, 3.8) is 0 Å². The maximum Gasteiger partial charge on any atom is 0.257 e. The zero-order chi connectivity index (χ0) is 16.8. The average Bonchev–Trinajstić information content (AvgIpc) is 2.83. The maximum absolute atomic E-state index is 12.1. The van der Waals surface area contributed by atoms with E-state index in [1.807, 2.05) is 13.0 Å². The van der Waals surface area contributed by atoms with Gasteiger partial charge in [0.1, 0.15) is 5.65 Å². The fourth-order valence-corrected chi connectivity index (χ4v) is 3.35. The zero-order valence-electron chi connectivity index (χ0n) is 13.8. The number of aromatic nitrogens is 4. The second-order valence-corrected chi connectivity index (χ2v) is 6.42. The largest absolute Gasteiger partial charge is 0.369 e. The van der Waals surface area contributed by atoms with Crippen LogP contribution in [-0.4, -0.2) is 30.8 Å². The second-order valence-electron chi connectivity index (χ2n) is 6.42. The molecule has 3 aromatic heterocycles. The highest BCUT2D eigenvalue weighted by atomic mass is 16.1. The van der Waals surface area contributed by atoms with E-state index in [0.29, 0.717) is 6.54 Å². The van der Waals surface area contributed by atoms with Crippen LogP contribution in [0.2, 0.25) is 0 Å². The summed E-state index contributed by atoms with van der Waals surface area (Å²) in [6.45, 7) is 6.29. The number of nitrogens with one attached hydrogen (secondary N) is 1. The summed E-state index contributed by atoms with van der Waals surface area (Å²) < 4.78 is 2.14. The molecule has 0 aliphatic carbocycles. The van der Waals surface area contributed by atoms with Crippen LogP contribution < -0.4 is 11.3 Å². The van der Waals surface area contributed by atoms with Crippen molar-refractivity contribution >= 4 is 11.6 Å². The summed E-state index contributed by atoms with van der Waals surface area (Å²) in [5.41, 5.74) is 11.4. The number of H-pyrrole nitrogens is 1. The van der Waals surface area contributed by atoms with Crippen molar-refractivity contribution in [2.45, 2.75) is 33.4 Å². The van der Waals surface area contributed by atoms with Crippen LogP contribution in [0.25, 0.3) is 5.65 Å². The molecule has 0 spiro atoms. The Hall–Kier alpha value is -2.67. The highest BCUT2D eigenvalue weighted by Crippen LogP contribution is 2.20. The van der Waals surface area contributed by atoms with Gasteiger partial charge in [-0.2, -0.15) is 0 Å². The predicted molar refractivity (Wildman–Crippen MR) is 91.8 cm³/mol. The van der Waals surface area contributed by atoms with Crippen molar-refractivity contribution in [3.05, 3.63) is 56.9 Å². The molecule has 0 unspecified atom stereocenters. The molecule has 0 fully saturated rings. The number of nitrogen functional groups attached to an aromatic ring is 1. The number of pyridine rings is 1. The molecule has 3 N–H and O–H groups in total. The van der Waals surface area contributed by atoms with Crippen LogP contribution in [0.5, 0.6) is 0 Å². The Morgan fingerprint density at radius 2 is 2.12 bits per heavy atom. The normalized spacial score (nSPS) is 14.9. The minimum absolute atomic E-state index is 0.132. The Kier molecular flexibility index (Phi) is 3.38. The molecule has 0 radical (unpaired) electrons. The Morgan fingerprint density at radius 1 is 1.29 bits per heavy atom. The summed E-state index contributed by atoms with van der Waals surface area (Å²) in [7, 11) is 0. The van der Waals surface area contributed by atoms with Gasteiger partial charge in [-0.1, -0.05) is 6.07 Å². The first-order chi connectivity index (χ1) is 11.5. The molecule has 4 rings (SSSR count). The van der Waals surface area contributed by atoms with Gasteiger partial charge in [0.05, 0.1) is 22.6 Å². The maximum atomic E-state index is 12.1. The van der Waals surface area contributed by atoms with Crippen molar-refractivity contribution in [1.29, 1.82) is 0 Å². The smallest absolute Gasteiger partial charge is 0.257 e. The molecule has 24 heavy (non-hydrogen) atoms. The third kappa shape index (κ3) is 2.46. The molecule has 124 valence electrons. The van der Waals surface area contributed by atoms with Crippen molar-refractivity contribution in [2.75, 3.05) is 12.3 Å². The van der Waals surface area contributed by atoms with Crippen molar-refractivity contribution in [1.82, 2.24) is 24.3 Å². The van der Waals surface area contributed by atoms with Crippen LogP contribution >= 0.6 is 0 Å². The number of rotatable bonds is 2. The molecule has 1 aliphatic heterocycles. The van der Waals surface area contributed by atoms with Crippen LogP contribution in [0.1, 0.15) is 28.2 Å². The molecule has 0 atom stereocenters. The van der Waals surface area contributed by atoms with Crippen LogP contribution in [-0.2, 0) is 19.5 Å². The molecular weight excluding hydrogens is 304 g/mol. The molecule has 0 saturated carbocycles. The third-order valence-corrected chi connectivity index (χ3v) is 4.60. The molecule has 0 bridgehead atoms. The third-order valence-electron chi connectivity index (χ3n) is 4.60. The first kappa shape index (κ1) is 14.9. The van der Waals surface area contributed by atoms with E-state index >= 15 is 0 Å². The van der Waals surface area contributed by atoms with E-state index in [0.717, 1.165) is 47.8 Å². The van der Waals surface area contributed by atoms with E-state index in [2.05, 4.69) is 43.4 Å². The fraction of sp³-hybridized carbons (Fsp3) is 0.353. The minimum Gasteiger partial charge on any atom is -0.369 e. The fourth-order valence-electron chi connectivity index (χ4n) is 3.35. The lowest BCUT2D eigenvalue weighted by Gasteiger charge is -2.27. The summed E-state index contributed by atoms with van der Waals surface area (Å²) in [5.74, 6) is 0.195. The molecule has 1 aliphatic rings. The Morgan fingerprint density at radius 3 is 2.96 bits per heavy atom. The van der Waals surface area contributed by atoms with Crippen LogP contribution in [0.3, 0.4) is 0 Å². The van der Waals surface area contributed by atoms with Crippen molar-refractivity contribution < 1.29 is 0 Å². The number of hydrogen-bond acceptors (Lipinski definition) is 5. The predicted octanol–water partition coefficient (Wildman–Crippen LogP) is 1.17. The van der Waals surface area contributed by atoms with Gasteiger partial charge >= 0.3 is 0 Å². The summed E-state index contributed by atoms with van der Waals surface area (Å²) in [6, 6.07) is 4.10. The van der Waals surface area contributed by atoms with Gasteiger partial charge in [-0.15, -0.1) is 0 Å². The number of anilines is 1. The number of aromatic amines is 1. The van der Waals surface area contributed by atoms with Crippen LogP contribution in [0, 0.1) is 13.8 Å². The minimum atomic E-state index is -0.132. The monoisotopic (exact) mass is 324 g/mol. The number of imidazole rings is 1. The number of nitrogens with zero attached hydrogens (tertiary/aromatic N) is 4. The second kappa shape index (κ2) is 5.45. The van der Waals surface area contributed by atoms with Gasteiger partial charge in [-0.3, -0.25) is 14.7 Å². The quantitative estimate of drug-likeness (QED) is 0.738. The first-order valence-electron chi connectivity index (χ1n) is 8.05. The summed E-state index contributed by atoms with van der Waals surface area (Å²) >= 11 is 0. The van der Waals surface area contributed by atoms with Gasteiger partial charge in [0, 0.05) is 32.3 Å². The number of fused-ring (bicyclic) bond motifs is 2. The lowest BCUT2D eigenvalue weighted by Crippen LogP contribution is -2.36. The average molecular weight is 324 g/mol. The number of aryl methyl sites for hydroxylation is 2. The van der Waals surface area contributed by atoms with E-state index in [9.17, 15) is 4.79 Å². The van der Waals surface area contributed by atoms with Gasteiger partial charge in [-0.25, -0.2) is 9.97 Å². The van der Waals surface area contributed by atoms with E-state index in [-0.39, 0.29) is 11.5 Å². The molecule has 3 aromatic rings. The van der Waals surface area contributed by atoms with Gasteiger partial charge in [0.15, 0.2) is 0 Å². The molecular formula is C17H20N6O. The Bertz CT molecular complexity index is 987. The first-order valence-corrected chi connectivity index (χ1v) is 8.05. The Labute approximate surface area is 139 Å². The van der Waals surface area contributed by atoms with Crippen LogP contribution in [0.15, 0.2) is 23.1 Å². The van der Waals surface area contributed by atoms with E-state index in [1.54, 1.807) is 0 Å². The molecule has 4 heterocycles. The summed E-state index contributed by atoms with van der Waals surface area (Å²) in [6.07, 6.45) is 2.84. The lowest BCUT2D eigenvalue weighted by molar-refractivity contribution is 0.238. The number of hydrogen-bond donors (Lipinski definition) is 2. The highest BCUT2D eigenvalue weighted by molar-refractivity contribution is 5.44. The van der Waals surface area contributed by atoms with Gasteiger partial charge < -0.3 is 10.1 Å². The standard InChI is InChI=1S/C17H20N6O/c1-10-3-4-15-19-11(2)14(23(15)7-10)9-22-6-5-13-12(8-22)16(24)21-17(18)20-13/h3-4,7H,5-6,8-9H2,1-2H3,(H3,18,20,21,24). The van der Waals surface area contributed by atoms with Crippen molar-refractivity contribution in [2.24, 2.45) is 0 Å². The molecule has 0 aromatic carbocycles. The van der Waals surface area contributed by atoms with Gasteiger partial charge in [0.2, 0.25) is 5.95 Å². The van der Waals surface area contributed by atoms with Gasteiger partial charge in [-0.05, 0) is 25.5 Å². The molecule has 0 amide bonds. The number of nitrogens with two attached hydrogens (primary N) is 1. The molecule has 0 saturated heterocycles. The SMILES string of the molecule is Cc1ccc2nc(C)c(CN3CCc4nc(N)[nH]c(=O)c4C3)n2c1.